The summed E-state index contributed by atoms with van der Waals surface area (Å²) in [5.41, 5.74) is 1.62. The minimum Gasteiger partial charge on any atom is -0.319 e. The van der Waals surface area contributed by atoms with E-state index in [9.17, 15) is 0 Å². The zero-order valence-corrected chi connectivity index (χ0v) is 12.1. The smallest absolute Gasteiger partial charge is 0.0764 e. The quantitative estimate of drug-likeness (QED) is 0.866. The van der Waals surface area contributed by atoms with Crippen LogP contribution in [0.1, 0.15) is 38.9 Å². The number of hydrogen-bond donors (Lipinski definition) is 1. The Morgan fingerprint density at radius 2 is 2.28 bits per heavy atom. The molecule has 0 aromatic carbocycles. The van der Waals surface area contributed by atoms with Gasteiger partial charge in [0.2, 0.25) is 0 Å². The minimum atomic E-state index is 0.426. The first-order valence-electron chi connectivity index (χ1n) is 6.93. The minimum absolute atomic E-state index is 0.426. The molecule has 0 amide bonds. The Balaban J connectivity index is 1.91. The van der Waals surface area contributed by atoms with Crippen LogP contribution < -0.4 is 5.32 Å². The fraction of sp³-hybridized carbons (Fsp3) is 0.786. The molecule has 18 heavy (non-hydrogen) atoms. The topological polar surface area (TPSA) is 33.1 Å². The Labute approximate surface area is 110 Å². The van der Waals surface area contributed by atoms with E-state index in [0.29, 0.717) is 11.5 Å². The Morgan fingerprint density at radius 1 is 1.50 bits per heavy atom. The lowest BCUT2D eigenvalue weighted by Gasteiger charge is -2.23. The van der Waals surface area contributed by atoms with Crippen molar-refractivity contribution in [2.24, 2.45) is 5.41 Å². The average Bonchev–Trinajstić information content (AvgIpc) is 2.87. The van der Waals surface area contributed by atoms with Crippen LogP contribution in [-0.4, -0.2) is 41.4 Å². The van der Waals surface area contributed by atoms with E-state index in [1.807, 2.05) is 11.7 Å². The Hall–Kier alpha value is -0.870. The summed E-state index contributed by atoms with van der Waals surface area (Å²) in [5, 5.41) is 7.93. The lowest BCUT2D eigenvalue weighted by molar-refractivity contribution is 0.262. The molecule has 0 bridgehead atoms. The first-order chi connectivity index (χ1) is 8.52. The molecule has 1 fully saturated rings. The number of aromatic nitrogens is 2. The highest BCUT2D eigenvalue weighted by molar-refractivity contribution is 5.01. The summed E-state index contributed by atoms with van der Waals surface area (Å²) in [6, 6.07) is 2.60. The molecule has 1 aromatic heterocycles. The molecule has 1 aliphatic rings. The second kappa shape index (κ2) is 5.41. The van der Waals surface area contributed by atoms with E-state index < -0.39 is 0 Å². The fourth-order valence-electron chi connectivity index (χ4n) is 2.81. The molecule has 0 radical (unpaired) electrons. The maximum absolute atomic E-state index is 4.63. The van der Waals surface area contributed by atoms with E-state index in [4.69, 9.17) is 0 Å². The normalized spacial score (nSPS) is 25.2. The summed E-state index contributed by atoms with van der Waals surface area (Å²) >= 11 is 0. The largest absolute Gasteiger partial charge is 0.319 e. The number of nitrogens with zero attached hydrogens (tertiary/aromatic N) is 3. The van der Waals surface area contributed by atoms with E-state index in [2.05, 4.69) is 48.3 Å². The van der Waals surface area contributed by atoms with Gasteiger partial charge in [0.05, 0.1) is 5.69 Å². The molecule has 0 spiro atoms. The van der Waals surface area contributed by atoms with Gasteiger partial charge in [-0.15, -0.1) is 0 Å². The number of nitrogens with one attached hydrogen (secondary N) is 1. The third kappa shape index (κ3) is 3.12. The van der Waals surface area contributed by atoms with Gasteiger partial charge < -0.3 is 5.32 Å². The van der Waals surface area contributed by atoms with E-state index in [1.165, 1.54) is 25.2 Å². The molecule has 1 aliphatic heterocycles. The van der Waals surface area contributed by atoms with Crippen molar-refractivity contribution in [2.45, 2.75) is 39.8 Å². The molecule has 4 nitrogen and oxygen atoms in total. The monoisotopic (exact) mass is 250 g/mol. The van der Waals surface area contributed by atoms with Crippen LogP contribution in [-0.2, 0) is 6.54 Å². The Kier molecular flexibility index (Phi) is 4.07. The summed E-state index contributed by atoms with van der Waals surface area (Å²) in [4.78, 5) is 2.52. The van der Waals surface area contributed by atoms with E-state index >= 15 is 0 Å². The summed E-state index contributed by atoms with van der Waals surface area (Å²) in [6.07, 6.45) is 3.36. The lowest BCUT2D eigenvalue weighted by Crippen LogP contribution is -2.33. The van der Waals surface area contributed by atoms with Gasteiger partial charge in [-0.05, 0) is 45.3 Å². The highest BCUT2D eigenvalue weighted by Crippen LogP contribution is 2.29. The summed E-state index contributed by atoms with van der Waals surface area (Å²) in [5.74, 6) is 0. The van der Waals surface area contributed by atoms with Crippen LogP contribution in [0, 0.1) is 5.41 Å². The molecule has 1 aromatic rings. The molecular formula is C14H26N4. The Morgan fingerprint density at radius 3 is 2.89 bits per heavy atom. The molecule has 1 atom stereocenters. The second-order valence-corrected chi connectivity index (χ2v) is 6.18. The van der Waals surface area contributed by atoms with Crippen molar-refractivity contribution in [1.29, 1.82) is 0 Å². The predicted molar refractivity (Wildman–Crippen MR) is 74.5 cm³/mol. The fourth-order valence-corrected chi connectivity index (χ4v) is 2.81. The molecule has 1 unspecified atom stereocenters. The Bertz CT molecular complexity index is 385. The van der Waals surface area contributed by atoms with Crippen LogP contribution in [0.4, 0.5) is 0 Å². The zero-order chi connectivity index (χ0) is 13.2. The molecule has 0 saturated carbocycles. The molecule has 102 valence electrons. The van der Waals surface area contributed by atoms with Crippen molar-refractivity contribution in [3.05, 3.63) is 18.0 Å². The number of likely N-dealkylation sites (tertiary alicyclic amines) is 1. The van der Waals surface area contributed by atoms with E-state index in [1.54, 1.807) is 0 Å². The van der Waals surface area contributed by atoms with Crippen molar-refractivity contribution in [2.75, 3.05) is 26.7 Å². The molecule has 1 N–H and O–H groups in total. The summed E-state index contributed by atoms with van der Waals surface area (Å²) in [7, 11) is 2.04. The molecule has 4 heteroatoms. The van der Waals surface area contributed by atoms with Crippen molar-refractivity contribution in [1.82, 2.24) is 20.0 Å². The van der Waals surface area contributed by atoms with Gasteiger partial charge in [0.25, 0.3) is 0 Å². The van der Waals surface area contributed by atoms with Crippen molar-refractivity contribution < 1.29 is 0 Å². The number of rotatable bonds is 5. The first-order valence-corrected chi connectivity index (χ1v) is 6.93. The highest BCUT2D eigenvalue weighted by atomic mass is 15.3. The van der Waals surface area contributed by atoms with Gasteiger partial charge >= 0.3 is 0 Å². The van der Waals surface area contributed by atoms with Crippen molar-refractivity contribution in [3.63, 3.8) is 0 Å². The maximum Gasteiger partial charge on any atom is 0.0764 e. The lowest BCUT2D eigenvalue weighted by atomic mass is 9.90. The highest BCUT2D eigenvalue weighted by Gasteiger charge is 2.33. The van der Waals surface area contributed by atoms with Gasteiger partial charge in [-0.2, -0.15) is 5.10 Å². The van der Waals surface area contributed by atoms with Crippen molar-refractivity contribution >= 4 is 0 Å². The van der Waals surface area contributed by atoms with Gasteiger partial charge in [-0.3, -0.25) is 9.58 Å². The third-order valence-electron chi connectivity index (χ3n) is 3.82. The average molecular weight is 250 g/mol. The zero-order valence-electron chi connectivity index (χ0n) is 12.1. The molecular weight excluding hydrogens is 224 g/mol. The SMILES string of the molecule is CNCC1(C)CCN(Cc2ccn(C(C)C)n2)C1. The summed E-state index contributed by atoms with van der Waals surface area (Å²) in [6.45, 7) is 11.1. The second-order valence-electron chi connectivity index (χ2n) is 6.18. The van der Waals surface area contributed by atoms with Gasteiger partial charge in [0.1, 0.15) is 0 Å². The van der Waals surface area contributed by atoms with Gasteiger partial charge in [0.15, 0.2) is 0 Å². The maximum atomic E-state index is 4.63. The molecule has 1 saturated heterocycles. The van der Waals surface area contributed by atoms with Gasteiger partial charge in [-0.25, -0.2) is 0 Å². The first kappa shape index (κ1) is 13.6. The van der Waals surface area contributed by atoms with Gasteiger partial charge in [-0.1, -0.05) is 6.92 Å². The van der Waals surface area contributed by atoms with Crippen molar-refractivity contribution in [3.8, 4) is 0 Å². The van der Waals surface area contributed by atoms with Crippen LogP contribution in [0.2, 0.25) is 0 Å². The molecule has 2 rings (SSSR count). The molecule has 2 heterocycles. The van der Waals surface area contributed by atoms with Crippen LogP contribution >= 0.6 is 0 Å². The number of hydrogen-bond acceptors (Lipinski definition) is 3. The van der Waals surface area contributed by atoms with Gasteiger partial charge in [0, 0.05) is 31.9 Å². The van der Waals surface area contributed by atoms with Crippen LogP contribution in [0.25, 0.3) is 0 Å². The van der Waals surface area contributed by atoms with E-state index in [-0.39, 0.29) is 0 Å². The summed E-state index contributed by atoms with van der Waals surface area (Å²) < 4.78 is 2.04. The third-order valence-corrected chi connectivity index (χ3v) is 3.82. The van der Waals surface area contributed by atoms with Crippen LogP contribution in [0.3, 0.4) is 0 Å². The predicted octanol–water partition coefficient (Wildman–Crippen LogP) is 1.90. The van der Waals surface area contributed by atoms with E-state index in [0.717, 1.165) is 13.1 Å². The molecule has 0 aliphatic carbocycles. The standard InChI is InChI=1S/C14H26N4/c1-12(2)18-7-5-13(16-18)9-17-8-6-14(3,11-17)10-15-4/h5,7,12,15H,6,8-11H2,1-4H3. The van der Waals surface area contributed by atoms with Crippen LogP contribution in [0.5, 0.6) is 0 Å². The van der Waals surface area contributed by atoms with Crippen LogP contribution in [0.15, 0.2) is 12.3 Å².